The minimum absolute atomic E-state index is 0.00364. The standard InChI is InChI=1S/C16H22N6O3S.C2HF3O2/c1-26(24,25)9-5-16(23)21-7-3-8-22-15(12-21)14(19-20-22)11-18-13-4-2-6-17-10-13;3-2(4,5)1(6)7/h2,4,6,10,18H,3,5,7-9,11-12H2,1H3;(H,6,7). The quantitative estimate of drug-likeness (QED) is 0.604. The van der Waals surface area contributed by atoms with Gasteiger partial charge in [0.15, 0.2) is 0 Å². The van der Waals surface area contributed by atoms with Crippen molar-refractivity contribution in [2.24, 2.45) is 0 Å². The van der Waals surface area contributed by atoms with E-state index in [0.29, 0.717) is 26.2 Å². The van der Waals surface area contributed by atoms with E-state index in [-0.39, 0.29) is 18.1 Å². The predicted molar refractivity (Wildman–Crippen MR) is 110 cm³/mol. The summed E-state index contributed by atoms with van der Waals surface area (Å²) in [5.74, 6) is -3.04. The molecular weight excluding hydrogens is 469 g/mol. The molecule has 33 heavy (non-hydrogen) atoms. The molecule has 0 spiro atoms. The van der Waals surface area contributed by atoms with Crippen LogP contribution in [-0.2, 0) is 39.1 Å². The fourth-order valence-electron chi connectivity index (χ4n) is 2.83. The van der Waals surface area contributed by atoms with Crippen LogP contribution in [0.4, 0.5) is 18.9 Å². The van der Waals surface area contributed by atoms with Crippen molar-refractivity contribution < 1.29 is 36.3 Å². The molecule has 0 bridgehead atoms. The van der Waals surface area contributed by atoms with Crippen molar-refractivity contribution in [2.45, 2.75) is 38.7 Å². The Bertz CT molecular complexity index is 1060. The summed E-state index contributed by atoms with van der Waals surface area (Å²) in [6, 6.07) is 3.76. The number of fused-ring (bicyclic) bond motifs is 1. The summed E-state index contributed by atoms with van der Waals surface area (Å²) < 4.78 is 56.2. The molecule has 0 atom stereocenters. The smallest absolute Gasteiger partial charge is 0.475 e. The second-order valence-electron chi connectivity index (χ2n) is 7.15. The molecule has 0 radical (unpaired) electrons. The minimum Gasteiger partial charge on any atom is -0.475 e. The van der Waals surface area contributed by atoms with Gasteiger partial charge in [0.1, 0.15) is 15.5 Å². The van der Waals surface area contributed by atoms with Gasteiger partial charge in [-0.3, -0.25) is 9.78 Å². The van der Waals surface area contributed by atoms with Gasteiger partial charge in [0.05, 0.1) is 30.2 Å². The number of halogens is 3. The number of aromatic nitrogens is 4. The predicted octanol–water partition coefficient (Wildman–Crippen LogP) is 1.09. The average molecular weight is 492 g/mol. The van der Waals surface area contributed by atoms with Crippen LogP contribution >= 0.6 is 0 Å². The molecule has 3 rings (SSSR count). The molecule has 182 valence electrons. The van der Waals surface area contributed by atoms with Gasteiger partial charge in [0.2, 0.25) is 5.91 Å². The highest BCUT2D eigenvalue weighted by Crippen LogP contribution is 2.17. The zero-order chi connectivity index (χ0) is 24.6. The Hall–Kier alpha value is -3.23. The van der Waals surface area contributed by atoms with E-state index in [1.54, 1.807) is 17.3 Å². The molecule has 0 saturated heterocycles. The van der Waals surface area contributed by atoms with Gasteiger partial charge < -0.3 is 15.3 Å². The van der Waals surface area contributed by atoms with Crippen LogP contribution in [0.3, 0.4) is 0 Å². The average Bonchev–Trinajstić information content (AvgIpc) is 2.98. The molecule has 3 heterocycles. The molecule has 0 aliphatic carbocycles. The number of pyridine rings is 1. The lowest BCUT2D eigenvalue weighted by molar-refractivity contribution is -0.192. The van der Waals surface area contributed by atoms with Crippen LogP contribution in [0.5, 0.6) is 0 Å². The summed E-state index contributed by atoms with van der Waals surface area (Å²) in [6.07, 6.45) is 0.253. The number of carboxylic acids is 1. The highest BCUT2D eigenvalue weighted by Gasteiger charge is 2.38. The lowest BCUT2D eigenvalue weighted by Gasteiger charge is -2.20. The molecule has 0 aromatic carbocycles. The second-order valence-corrected chi connectivity index (χ2v) is 9.41. The number of carbonyl (C=O) groups is 2. The van der Waals surface area contributed by atoms with E-state index in [1.165, 1.54) is 0 Å². The Kier molecular flexibility index (Phi) is 8.73. The van der Waals surface area contributed by atoms with E-state index < -0.39 is 22.0 Å². The SMILES string of the molecule is CS(=O)(=O)CCC(=O)N1CCCn2nnc(CNc3cccnc3)c2C1.O=C(O)C(F)(F)F. The first-order chi connectivity index (χ1) is 15.4. The molecule has 2 N–H and O–H groups in total. The van der Waals surface area contributed by atoms with Crippen molar-refractivity contribution in [1.29, 1.82) is 0 Å². The maximum Gasteiger partial charge on any atom is 0.490 e. The van der Waals surface area contributed by atoms with Crippen molar-refractivity contribution in [1.82, 2.24) is 24.9 Å². The number of aliphatic carboxylic acids is 1. The molecule has 0 unspecified atom stereocenters. The fraction of sp³-hybridized carbons (Fsp3) is 0.500. The van der Waals surface area contributed by atoms with Crippen LogP contribution in [0, 0.1) is 0 Å². The van der Waals surface area contributed by atoms with E-state index in [1.807, 2.05) is 16.8 Å². The number of sulfone groups is 1. The lowest BCUT2D eigenvalue weighted by Crippen LogP contribution is -2.32. The third kappa shape index (κ3) is 8.67. The Morgan fingerprint density at radius 2 is 1.97 bits per heavy atom. The Morgan fingerprint density at radius 3 is 2.55 bits per heavy atom. The summed E-state index contributed by atoms with van der Waals surface area (Å²) in [7, 11) is -3.16. The lowest BCUT2D eigenvalue weighted by atomic mass is 10.2. The molecule has 1 aliphatic heterocycles. The molecule has 1 aliphatic rings. The Balaban J connectivity index is 0.000000479. The van der Waals surface area contributed by atoms with Gasteiger partial charge in [-0.15, -0.1) is 5.10 Å². The van der Waals surface area contributed by atoms with Crippen molar-refractivity contribution in [3.8, 4) is 0 Å². The summed E-state index contributed by atoms with van der Waals surface area (Å²) in [6.45, 7) is 2.14. The van der Waals surface area contributed by atoms with Crippen LogP contribution in [0.1, 0.15) is 24.2 Å². The maximum absolute atomic E-state index is 12.4. The summed E-state index contributed by atoms with van der Waals surface area (Å²) in [4.78, 5) is 27.1. The van der Waals surface area contributed by atoms with E-state index in [2.05, 4.69) is 20.6 Å². The van der Waals surface area contributed by atoms with Crippen molar-refractivity contribution in [3.05, 3.63) is 35.9 Å². The van der Waals surface area contributed by atoms with Crippen LogP contribution in [0.2, 0.25) is 0 Å². The number of hydrogen-bond donors (Lipinski definition) is 2. The molecule has 0 saturated carbocycles. The minimum atomic E-state index is -5.08. The van der Waals surface area contributed by atoms with Gasteiger partial charge in [-0.2, -0.15) is 13.2 Å². The monoisotopic (exact) mass is 492 g/mol. The largest absolute Gasteiger partial charge is 0.490 e. The zero-order valence-corrected chi connectivity index (χ0v) is 18.4. The van der Waals surface area contributed by atoms with Gasteiger partial charge in [-0.05, 0) is 18.6 Å². The number of amides is 1. The van der Waals surface area contributed by atoms with Gasteiger partial charge in [-0.25, -0.2) is 17.9 Å². The van der Waals surface area contributed by atoms with Crippen LogP contribution in [0.15, 0.2) is 24.5 Å². The van der Waals surface area contributed by atoms with E-state index >= 15 is 0 Å². The molecule has 15 heteroatoms. The molecule has 1 amide bonds. The van der Waals surface area contributed by atoms with Gasteiger partial charge in [-0.1, -0.05) is 5.21 Å². The van der Waals surface area contributed by atoms with Crippen molar-refractivity contribution in [3.63, 3.8) is 0 Å². The number of nitrogens with one attached hydrogen (secondary N) is 1. The summed E-state index contributed by atoms with van der Waals surface area (Å²) >= 11 is 0. The Morgan fingerprint density at radius 1 is 1.27 bits per heavy atom. The first kappa shape index (κ1) is 26.0. The number of carboxylic acid groups (broad SMARTS) is 1. The highest BCUT2D eigenvalue weighted by molar-refractivity contribution is 7.90. The van der Waals surface area contributed by atoms with Crippen LogP contribution in [-0.4, -0.2) is 75.0 Å². The van der Waals surface area contributed by atoms with Crippen LogP contribution in [0.25, 0.3) is 0 Å². The number of nitrogens with zero attached hydrogens (tertiary/aromatic N) is 5. The first-order valence-corrected chi connectivity index (χ1v) is 11.7. The van der Waals surface area contributed by atoms with Gasteiger partial charge in [0, 0.05) is 38.2 Å². The second kappa shape index (κ2) is 11.1. The van der Waals surface area contributed by atoms with E-state index in [9.17, 15) is 26.4 Å². The molecule has 0 fully saturated rings. The fourth-order valence-corrected chi connectivity index (χ4v) is 3.37. The molecule has 2 aromatic rings. The van der Waals surface area contributed by atoms with Crippen LogP contribution < -0.4 is 5.32 Å². The number of carbonyl (C=O) groups excluding carboxylic acids is 1. The number of rotatable bonds is 6. The van der Waals surface area contributed by atoms with Gasteiger partial charge in [0.25, 0.3) is 0 Å². The highest BCUT2D eigenvalue weighted by atomic mass is 32.2. The molecular formula is C18H23F3N6O5S. The maximum atomic E-state index is 12.4. The van der Waals surface area contributed by atoms with Crippen molar-refractivity contribution in [2.75, 3.05) is 23.9 Å². The van der Waals surface area contributed by atoms with E-state index in [4.69, 9.17) is 9.90 Å². The molecule has 11 nitrogen and oxygen atoms in total. The molecule has 2 aromatic heterocycles. The third-order valence-corrected chi connectivity index (χ3v) is 5.41. The number of anilines is 1. The zero-order valence-electron chi connectivity index (χ0n) is 17.6. The van der Waals surface area contributed by atoms with Gasteiger partial charge >= 0.3 is 12.1 Å². The summed E-state index contributed by atoms with van der Waals surface area (Å²) in [5, 5.41) is 18.8. The number of alkyl halides is 3. The number of aryl methyl sites for hydroxylation is 1. The third-order valence-electron chi connectivity index (χ3n) is 4.46. The summed E-state index contributed by atoms with van der Waals surface area (Å²) in [5.41, 5.74) is 2.53. The first-order valence-electron chi connectivity index (χ1n) is 9.67. The normalized spacial score (nSPS) is 13.9. The Labute approximate surface area is 187 Å². The topological polar surface area (TPSA) is 147 Å². The number of hydrogen-bond acceptors (Lipinski definition) is 8. The van der Waals surface area contributed by atoms with Crippen molar-refractivity contribution >= 4 is 27.4 Å². The van der Waals surface area contributed by atoms with E-state index in [0.717, 1.165) is 29.8 Å².